The van der Waals surface area contributed by atoms with Crippen LogP contribution < -0.4 is 5.32 Å². The van der Waals surface area contributed by atoms with E-state index in [0.29, 0.717) is 5.78 Å². The topological polar surface area (TPSA) is 68.0 Å². The Bertz CT molecular complexity index is 775. The third-order valence-corrected chi connectivity index (χ3v) is 3.83. The Labute approximate surface area is 129 Å². The number of fused-ring (bicyclic) bond motifs is 1. The summed E-state index contributed by atoms with van der Waals surface area (Å²) in [5.41, 5.74) is 3.04. The van der Waals surface area contributed by atoms with E-state index in [1.807, 2.05) is 43.6 Å². The zero-order chi connectivity index (χ0) is 15.7. The van der Waals surface area contributed by atoms with Crippen molar-refractivity contribution >= 4 is 11.6 Å². The summed E-state index contributed by atoms with van der Waals surface area (Å²) in [4.78, 5) is 17.8. The largest absolute Gasteiger partial charge is 0.361 e. The maximum absolute atomic E-state index is 4.60. The van der Waals surface area contributed by atoms with Gasteiger partial charge in [0.1, 0.15) is 11.6 Å². The minimum Gasteiger partial charge on any atom is -0.361 e. The molecule has 0 amide bonds. The average molecular weight is 296 g/mol. The molecule has 0 radical (unpaired) electrons. The lowest BCUT2D eigenvalue weighted by molar-refractivity contribution is 0.721. The summed E-state index contributed by atoms with van der Waals surface area (Å²) in [6.07, 6.45) is 6.63. The molecule has 1 N–H and O–H groups in total. The summed E-state index contributed by atoms with van der Waals surface area (Å²) in [5, 5.41) is 3.50. The van der Waals surface area contributed by atoms with Crippen LogP contribution in [0.25, 0.3) is 5.78 Å². The Morgan fingerprint density at radius 2 is 2.00 bits per heavy atom. The molecule has 0 saturated heterocycles. The van der Waals surface area contributed by atoms with Crippen LogP contribution in [0.1, 0.15) is 42.2 Å². The fourth-order valence-electron chi connectivity index (χ4n) is 2.48. The predicted octanol–water partition coefficient (Wildman–Crippen LogP) is 3.01. The minimum absolute atomic E-state index is 0.0918. The van der Waals surface area contributed by atoms with Gasteiger partial charge in [-0.15, -0.1) is 0 Å². The Balaban J connectivity index is 1.95. The molecule has 114 valence electrons. The molecule has 0 saturated carbocycles. The third-order valence-electron chi connectivity index (χ3n) is 3.83. The van der Waals surface area contributed by atoms with E-state index in [4.69, 9.17) is 0 Å². The van der Waals surface area contributed by atoms with Crippen molar-refractivity contribution in [3.05, 3.63) is 47.4 Å². The fourth-order valence-corrected chi connectivity index (χ4v) is 2.48. The van der Waals surface area contributed by atoms with Crippen molar-refractivity contribution in [3.8, 4) is 0 Å². The number of anilines is 1. The molecule has 0 bridgehead atoms. The van der Waals surface area contributed by atoms with Crippen LogP contribution in [0.4, 0.5) is 5.82 Å². The second kappa shape index (κ2) is 5.71. The second-order valence-corrected chi connectivity index (χ2v) is 5.43. The molecular weight excluding hydrogens is 276 g/mol. The highest BCUT2D eigenvalue weighted by Crippen LogP contribution is 2.24. The molecular formula is C16H20N6. The lowest BCUT2D eigenvalue weighted by Gasteiger charge is -2.18. The number of aromatic nitrogens is 5. The summed E-state index contributed by atoms with van der Waals surface area (Å²) in [6, 6.07) is 1.99. The van der Waals surface area contributed by atoms with Crippen LogP contribution in [0.5, 0.6) is 0 Å². The molecule has 0 aromatic carbocycles. The fraction of sp³-hybridized carbons (Fsp3) is 0.375. The van der Waals surface area contributed by atoms with Gasteiger partial charge in [-0.1, -0.05) is 6.92 Å². The lowest BCUT2D eigenvalue weighted by atomic mass is 10.1. The van der Waals surface area contributed by atoms with Gasteiger partial charge in [-0.05, 0) is 33.3 Å². The molecule has 22 heavy (non-hydrogen) atoms. The van der Waals surface area contributed by atoms with Crippen molar-refractivity contribution in [2.24, 2.45) is 0 Å². The highest BCUT2D eigenvalue weighted by Gasteiger charge is 2.16. The van der Waals surface area contributed by atoms with E-state index in [1.165, 1.54) is 0 Å². The lowest BCUT2D eigenvalue weighted by Crippen LogP contribution is -2.14. The van der Waals surface area contributed by atoms with E-state index in [0.717, 1.165) is 35.0 Å². The van der Waals surface area contributed by atoms with Crippen molar-refractivity contribution < 1.29 is 0 Å². The van der Waals surface area contributed by atoms with Gasteiger partial charge in [0.25, 0.3) is 0 Å². The van der Waals surface area contributed by atoms with Crippen LogP contribution in [0.3, 0.4) is 0 Å². The number of hydrogen-bond donors (Lipinski definition) is 1. The Hall–Kier alpha value is -2.50. The van der Waals surface area contributed by atoms with Gasteiger partial charge < -0.3 is 5.32 Å². The predicted molar refractivity (Wildman–Crippen MR) is 85.9 cm³/mol. The number of imidazole rings is 1. The van der Waals surface area contributed by atoms with Gasteiger partial charge in [-0.25, -0.2) is 19.9 Å². The first-order chi connectivity index (χ1) is 10.6. The average Bonchev–Trinajstić information content (AvgIpc) is 2.93. The van der Waals surface area contributed by atoms with E-state index in [9.17, 15) is 0 Å². The van der Waals surface area contributed by atoms with Gasteiger partial charge in [0.2, 0.25) is 5.78 Å². The highest BCUT2D eigenvalue weighted by molar-refractivity contribution is 5.47. The van der Waals surface area contributed by atoms with Crippen molar-refractivity contribution in [1.82, 2.24) is 24.3 Å². The molecule has 0 spiro atoms. The Morgan fingerprint density at radius 1 is 1.18 bits per heavy atom. The third kappa shape index (κ3) is 2.64. The normalized spacial score (nSPS) is 12.5. The standard InChI is InChI=1S/C16H20N6/c1-5-13(14-9-22-8-6-7-17-16(22)21-14)20-15-10(2)11(3)18-12(4)19-15/h6-9,13H,5H2,1-4H3,(H,18,19,20). The van der Waals surface area contributed by atoms with Crippen molar-refractivity contribution in [1.29, 1.82) is 0 Å². The van der Waals surface area contributed by atoms with E-state index in [-0.39, 0.29) is 6.04 Å². The highest BCUT2D eigenvalue weighted by atomic mass is 15.1. The molecule has 3 aromatic heterocycles. The molecule has 1 unspecified atom stereocenters. The second-order valence-electron chi connectivity index (χ2n) is 5.43. The number of hydrogen-bond acceptors (Lipinski definition) is 5. The molecule has 0 aliphatic carbocycles. The van der Waals surface area contributed by atoms with Crippen LogP contribution in [0.2, 0.25) is 0 Å². The smallest absolute Gasteiger partial charge is 0.233 e. The summed E-state index contributed by atoms with van der Waals surface area (Å²) in [5.74, 6) is 2.36. The molecule has 0 fully saturated rings. The molecule has 6 heteroatoms. The van der Waals surface area contributed by atoms with Crippen LogP contribution >= 0.6 is 0 Å². The first-order valence-corrected chi connectivity index (χ1v) is 7.46. The van der Waals surface area contributed by atoms with Crippen LogP contribution in [-0.4, -0.2) is 24.3 Å². The van der Waals surface area contributed by atoms with Gasteiger partial charge >= 0.3 is 0 Å². The number of rotatable bonds is 4. The van der Waals surface area contributed by atoms with Crippen molar-refractivity contribution in [3.63, 3.8) is 0 Å². The van der Waals surface area contributed by atoms with Crippen molar-refractivity contribution in [2.45, 2.75) is 40.2 Å². The van der Waals surface area contributed by atoms with Gasteiger partial charge in [0, 0.05) is 29.8 Å². The molecule has 0 aliphatic rings. The quantitative estimate of drug-likeness (QED) is 0.801. The van der Waals surface area contributed by atoms with Gasteiger partial charge in [0.05, 0.1) is 11.7 Å². The number of nitrogens with zero attached hydrogens (tertiary/aromatic N) is 5. The Kier molecular flexibility index (Phi) is 3.75. The molecule has 1 atom stereocenters. The summed E-state index contributed by atoms with van der Waals surface area (Å²) in [7, 11) is 0. The molecule has 3 heterocycles. The molecule has 3 rings (SSSR count). The van der Waals surface area contributed by atoms with Gasteiger partial charge in [0.15, 0.2) is 0 Å². The van der Waals surface area contributed by atoms with Crippen LogP contribution in [-0.2, 0) is 0 Å². The van der Waals surface area contributed by atoms with Gasteiger partial charge in [-0.3, -0.25) is 4.40 Å². The van der Waals surface area contributed by atoms with Crippen molar-refractivity contribution in [2.75, 3.05) is 5.32 Å². The summed E-state index contributed by atoms with van der Waals surface area (Å²) < 4.78 is 1.93. The van der Waals surface area contributed by atoms with E-state index in [1.54, 1.807) is 6.20 Å². The summed E-state index contributed by atoms with van der Waals surface area (Å²) in [6.45, 7) is 8.08. The molecule has 6 nitrogen and oxygen atoms in total. The number of aryl methyl sites for hydroxylation is 2. The first-order valence-electron chi connectivity index (χ1n) is 7.46. The van der Waals surface area contributed by atoms with E-state index >= 15 is 0 Å². The maximum Gasteiger partial charge on any atom is 0.233 e. The van der Waals surface area contributed by atoms with E-state index < -0.39 is 0 Å². The maximum atomic E-state index is 4.60. The minimum atomic E-state index is 0.0918. The van der Waals surface area contributed by atoms with Crippen LogP contribution in [0.15, 0.2) is 24.7 Å². The first kappa shape index (κ1) is 14.4. The zero-order valence-corrected chi connectivity index (χ0v) is 13.3. The van der Waals surface area contributed by atoms with Crippen LogP contribution in [0, 0.1) is 20.8 Å². The zero-order valence-electron chi connectivity index (χ0n) is 13.3. The number of nitrogens with one attached hydrogen (secondary N) is 1. The molecule has 3 aromatic rings. The van der Waals surface area contributed by atoms with Gasteiger partial charge in [-0.2, -0.15) is 0 Å². The SMILES string of the molecule is CCC(Nc1nc(C)nc(C)c1C)c1cn2cccnc2n1. The van der Waals surface area contributed by atoms with E-state index in [2.05, 4.69) is 32.2 Å². The monoisotopic (exact) mass is 296 g/mol. The molecule has 0 aliphatic heterocycles. The Morgan fingerprint density at radius 3 is 2.73 bits per heavy atom. The summed E-state index contributed by atoms with van der Waals surface area (Å²) >= 11 is 0.